The van der Waals surface area contributed by atoms with E-state index in [0.29, 0.717) is 32.7 Å². The number of hydrogen-bond acceptors (Lipinski definition) is 3. The minimum absolute atomic E-state index is 0.00958. The van der Waals surface area contributed by atoms with Crippen LogP contribution in [0.1, 0.15) is 21.7 Å². The molecular weight excluding hydrogens is 369 g/mol. The van der Waals surface area contributed by atoms with Gasteiger partial charge in [0.15, 0.2) is 0 Å². The molecule has 5 heteroatoms. The van der Waals surface area contributed by atoms with Crippen LogP contribution in [0, 0.1) is 18.3 Å². The van der Waals surface area contributed by atoms with Crippen molar-refractivity contribution < 1.29 is 9.21 Å². The Kier molecular flexibility index (Phi) is 5.27. The molecule has 0 N–H and O–H groups in total. The zero-order chi connectivity index (χ0) is 18.7. The van der Waals surface area contributed by atoms with Gasteiger partial charge in [-0.2, -0.15) is 5.26 Å². The summed E-state index contributed by atoms with van der Waals surface area (Å²) in [7, 11) is 0. The number of aryl methyl sites for hydroxylation is 1. The summed E-state index contributed by atoms with van der Waals surface area (Å²) in [6.07, 6.45) is 1.49. The van der Waals surface area contributed by atoms with E-state index in [2.05, 4.69) is 0 Å². The lowest BCUT2D eigenvalue weighted by Gasteiger charge is -2.00. The molecule has 1 heterocycles. The predicted octanol–water partition coefficient (Wildman–Crippen LogP) is 6.35. The van der Waals surface area contributed by atoms with Crippen molar-refractivity contribution in [2.24, 2.45) is 0 Å². The van der Waals surface area contributed by atoms with Gasteiger partial charge < -0.3 is 4.42 Å². The molecule has 0 saturated carbocycles. The summed E-state index contributed by atoms with van der Waals surface area (Å²) in [4.78, 5) is 12.8. The van der Waals surface area contributed by atoms with E-state index in [-0.39, 0.29) is 5.57 Å². The summed E-state index contributed by atoms with van der Waals surface area (Å²) in [5, 5.41) is 10.5. The van der Waals surface area contributed by atoms with Gasteiger partial charge in [-0.1, -0.05) is 41.4 Å². The summed E-state index contributed by atoms with van der Waals surface area (Å²) in [6, 6.07) is 17.7. The van der Waals surface area contributed by atoms with Gasteiger partial charge in [0.1, 0.15) is 23.2 Å². The van der Waals surface area contributed by atoms with Crippen molar-refractivity contribution in [3.63, 3.8) is 0 Å². The van der Waals surface area contributed by atoms with Crippen LogP contribution in [0.4, 0.5) is 0 Å². The zero-order valence-electron chi connectivity index (χ0n) is 13.8. The van der Waals surface area contributed by atoms with E-state index in [4.69, 9.17) is 27.6 Å². The Morgan fingerprint density at radius 2 is 1.81 bits per heavy atom. The Morgan fingerprint density at radius 3 is 2.46 bits per heavy atom. The van der Waals surface area contributed by atoms with Crippen LogP contribution in [-0.2, 0) is 0 Å². The van der Waals surface area contributed by atoms with E-state index >= 15 is 0 Å². The van der Waals surface area contributed by atoms with Gasteiger partial charge >= 0.3 is 0 Å². The number of rotatable bonds is 4. The quantitative estimate of drug-likeness (QED) is 0.300. The molecule has 0 amide bonds. The number of nitriles is 1. The number of carbonyl (C=O) groups excluding carboxylic acids is 1. The fourth-order valence-electron chi connectivity index (χ4n) is 2.51. The van der Waals surface area contributed by atoms with Crippen molar-refractivity contribution in [1.29, 1.82) is 5.26 Å². The number of allylic oxidation sites excluding steroid dienone is 1. The summed E-state index contributed by atoms with van der Waals surface area (Å²) in [6.45, 7) is 1.69. The first-order chi connectivity index (χ1) is 12.5. The standard InChI is InChI=1S/C21H13Cl2NO2/c1-13-18(11-20(26-13)14-6-8-17(22)9-7-14)21(25)16(12-24)10-15-4-2-3-5-19(15)23/h2-11H,1H3. The van der Waals surface area contributed by atoms with Gasteiger partial charge in [-0.25, -0.2) is 0 Å². The Balaban J connectivity index is 1.98. The lowest BCUT2D eigenvalue weighted by Crippen LogP contribution is -2.02. The molecule has 0 radical (unpaired) electrons. The van der Waals surface area contributed by atoms with Crippen LogP contribution in [0.25, 0.3) is 17.4 Å². The Morgan fingerprint density at radius 1 is 1.12 bits per heavy atom. The number of hydrogen-bond donors (Lipinski definition) is 0. The number of carbonyl (C=O) groups is 1. The maximum Gasteiger partial charge on any atom is 0.207 e. The normalized spacial score (nSPS) is 11.2. The topological polar surface area (TPSA) is 54.0 Å². The molecule has 0 saturated heterocycles. The highest BCUT2D eigenvalue weighted by molar-refractivity contribution is 6.32. The van der Waals surface area contributed by atoms with Crippen molar-refractivity contribution in [3.05, 3.63) is 87.1 Å². The molecule has 3 aromatic rings. The largest absolute Gasteiger partial charge is 0.461 e. The molecule has 2 aromatic carbocycles. The first-order valence-corrected chi connectivity index (χ1v) is 8.52. The van der Waals surface area contributed by atoms with E-state index in [1.807, 2.05) is 6.07 Å². The van der Waals surface area contributed by atoms with Crippen LogP contribution in [0.5, 0.6) is 0 Å². The highest BCUT2D eigenvalue weighted by Crippen LogP contribution is 2.28. The van der Waals surface area contributed by atoms with Gasteiger partial charge in [0.2, 0.25) is 5.78 Å². The highest BCUT2D eigenvalue weighted by atomic mass is 35.5. The van der Waals surface area contributed by atoms with Gasteiger partial charge in [-0.3, -0.25) is 4.79 Å². The zero-order valence-corrected chi connectivity index (χ0v) is 15.3. The SMILES string of the molecule is Cc1oc(-c2ccc(Cl)cc2)cc1C(=O)C(C#N)=Cc1ccccc1Cl. The molecule has 0 aliphatic heterocycles. The third-order valence-electron chi connectivity index (χ3n) is 3.86. The average Bonchev–Trinajstić information content (AvgIpc) is 3.03. The van der Waals surface area contributed by atoms with Crippen LogP contribution < -0.4 is 0 Å². The van der Waals surface area contributed by atoms with E-state index in [0.717, 1.165) is 5.56 Å². The molecule has 0 unspecified atom stereocenters. The maximum absolute atomic E-state index is 12.8. The second-order valence-corrected chi connectivity index (χ2v) is 6.45. The van der Waals surface area contributed by atoms with Crippen LogP contribution >= 0.6 is 23.2 Å². The molecular formula is C21H13Cl2NO2. The van der Waals surface area contributed by atoms with Crippen LogP contribution in [0.2, 0.25) is 10.0 Å². The molecule has 1 aromatic heterocycles. The van der Waals surface area contributed by atoms with Gasteiger partial charge in [0, 0.05) is 15.6 Å². The summed E-state index contributed by atoms with van der Waals surface area (Å²) in [5.41, 5.74) is 1.74. The first kappa shape index (κ1) is 18.0. The number of Topliss-reactive ketones (excluding diaryl/α,β-unsaturated/α-hetero) is 1. The molecule has 3 nitrogen and oxygen atoms in total. The highest BCUT2D eigenvalue weighted by Gasteiger charge is 2.20. The Bertz CT molecular complexity index is 1040. The summed E-state index contributed by atoms with van der Waals surface area (Å²) < 4.78 is 5.70. The molecule has 0 bridgehead atoms. The third kappa shape index (κ3) is 3.72. The third-order valence-corrected chi connectivity index (χ3v) is 4.46. The fourth-order valence-corrected chi connectivity index (χ4v) is 2.82. The van der Waals surface area contributed by atoms with Crippen LogP contribution in [-0.4, -0.2) is 5.78 Å². The minimum Gasteiger partial charge on any atom is -0.461 e. The number of halogens is 2. The molecule has 0 atom stereocenters. The van der Waals surface area contributed by atoms with Gasteiger partial charge in [-0.15, -0.1) is 0 Å². The first-order valence-electron chi connectivity index (χ1n) is 7.77. The van der Waals surface area contributed by atoms with Crippen molar-refractivity contribution in [3.8, 4) is 17.4 Å². The molecule has 0 aliphatic carbocycles. The van der Waals surface area contributed by atoms with E-state index in [9.17, 15) is 10.1 Å². The second-order valence-electron chi connectivity index (χ2n) is 5.61. The fraction of sp³-hybridized carbons (Fsp3) is 0.0476. The van der Waals surface area contributed by atoms with Gasteiger partial charge in [0.25, 0.3) is 0 Å². The summed E-state index contributed by atoms with van der Waals surface area (Å²) >= 11 is 12.0. The lowest BCUT2D eigenvalue weighted by molar-refractivity contribution is 0.103. The predicted molar refractivity (Wildman–Crippen MR) is 103 cm³/mol. The van der Waals surface area contributed by atoms with Crippen molar-refractivity contribution in [2.45, 2.75) is 6.92 Å². The number of ketones is 1. The lowest BCUT2D eigenvalue weighted by atomic mass is 10.0. The van der Waals surface area contributed by atoms with Gasteiger partial charge in [0.05, 0.1) is 5.56 Å². The van der Waals surface area contributed by atoms with Crippen LogP contribution in [0.15, 0.2) is 64.6 Å². The molecule has 26 heavy (non-hydrogen) atoms. The smallest absolute Gasteiger partial charge is 0.207 e. The number of benzene rings is 2. The average molecular weight is 382 g/mol. The van der Waals surface area contributed by atoms with Crippen molar-refractivity contribution in [1.82, 2.24) is 0 Å². The molecule has 3 rings (SSSR count). The summed E-state index contributed by atoms with van der Waals surface area (Å²) in [5.74, 6) is 0.576. The van der Waals surface area contributed by atoms with Crippen molar-refractivity contribution in [2.75, 3.05) is 0 Å². The number of furan rings is 1. The second kappa shape index (κ2) is 7.61. The molecule has 0 aliphatic rings. The van der Waals surface area contributed by atoms with Crippen LogP contribution in [0.3, 0.4) is 0 Å². The maximum atomic E-state index is 12.8. The Labute approximate surface area is 161 Å². The number of nitrogens with zero attached hydrogens (tertiary/aromatic N) is 1. The van der Waals surface area contributed by atoms with E-state index in [1.54, 1.807) is 61.5 Å². The minimum atomic E-state index is -0.408. The monoisotopic (exact) mass is 381 g/mol. The Hall–Kier alpha value is -2.80. The molecule has 0 spiro atoms. The molecule has 128 valence electrons. The van der Waals surface area contributed by atoms with Gasteiger partial charge in [-0.05, 0) is 55.0 Å². The van der Waals surface area contributed by atoms with E-state index in [1.165, 1.54) is 6.08 Å². The van der Waals surface area contributed by atoms with Crippen molar-refractivity contribution >= 4 is 35.1 Å². The molecule has 0 fully saturated rings. The van der Waals surface area contributed by atoms with E-state index < -0.39 is 5.78 Å².